The Morgan fingerprint density at radius 2 is 2.08 bits per heavy atom. The highest BCUT2D eigenvalue weighted by molar-refractivity contribution is 8.08. The normalized spacial score (nSPS) is 35.1. The third-order valence-electron chi connectivity index (χ3n) is 2.75. The highest BCUT2D eigenvalue weighted by atomic mass is 32.2. The van der Waals surface area contributed by atoms with Gasteiger partial charge in [0.05, 0.1) is 0 Å². The molecule has 1 amide bonds. The molecule has 2 rings (SSSR count). The number of hydrogen-bond donors (Lipinski definition) is 1. The van der Waals surface area contributed by atoms with E-state index in [4.69, 9.17) is 0 Å². The van der Waals surface area contributed by atoms with E-state index in [1.807, 2.05) is 6.92 Å². The highest BCUT2D eigenvalue weighted by Crippen LogP contribution is 2.44. The van der Waals surface area contributed by atoms with Crippen molar-refractivity contribution >= 4 is 17.7 Å². The molecule has 1 aliphatic heterocycles. The summed E-state index contributed by atoms with van der Waals surface area (Å²) in [5, 5.41) is 3.12. The molecule has 1 N–H and O–H groups in total. The van der Waals surface area contributed by atoms with Crippen molar-refractivity contribution in [3.8, 4) is 0 Å². The number of carbonyl (C=O) groups is 1. The lowest BCUT2D eigenvalue weighted by molar-refractivity contribution is -0.122. The summed E-state index contributed by atoms with van der Waals surface area (Å²) in [5.74, 6) is 1.27. The molecule has 12 heavy (non-hydrogen) atoms. The van der Waals surface area contributed by atoms with Crippen molar-refractivity contribution in [2.45, 2.75) is 43.4 Å². The summed E-state index contributed by atoms with van der Waals surface area (Å²) in [6.45, 7) is 2.03. The molecule has 1 saturated carbocycles. The Morgan fingerprint density at radius 1 is 1.50 bits per heavy atom. The molecular weight excluding hydrogens is 170 g/mol. The van der Waals surface area contributed by atoms with Crippen molar-refractivity contribution in [1.82, 2.24) is 5.32 Å². The molecule has 2 aliphatic rings. The van der Waals surface area contributed by atoms with Crippen molar-refractivity contribution in [3.05, 3.63) is 0 Å². The van der Waals surface area contributed by atoms with Crippen LogP contribution in [0.15, 0.2) is 0 Å². The van der Waals surface area contributed by atoms with Crippen molar-refractivity contribution in [3.63, 3.8) is 0 Å². The number of amides is 1. The summed E-state index contributed by atoms with van der Waals surface area (Å²) in [6, 6.07) is 0.482. The highest BCUT2D eigenvalue weighted by Gasteiger charge is 2.46. The zero-order valence-electron chi connectivity index (χ0n) is 7.43. The van der Waals surface area contributed by atoms with E-state index in [1.165, 1.54) is 25.7 Å². The minimum atomic E-state index is -0.0669. The molecule has 1 aliphatic carbocycles. The number of hydrogen-bond acceptors (Lipinski definition) is 2. The van der Waals surface area contributed by atoms with Gasteiger partial charge in [0.15, 0.2) is 0 Å². The van der Waals surface area contributed by atoms with Gasteiger partial charge in [0, 0.05) is 11.8 Å². The van der Waals surface area contributed by atoms with E-state index in [1.54, 1.807) is 11.8 Å². The molecule has 0 spiro atoms. The molecule has 0 bridgehead atoms. The van der Waals surface area contributed by atoms with Crippen LogP contribution in [0.5, 0.6) is 0 Å². The first-order chi connectivity index (χ1) is 5.71. The smallest absolute Gasteiger partial charge is 0.237 e. The van der Waals surface area contributed by atoms with Gasteiger partial charge in [-0.25, -0.2) is 0 Å². The minimum Gasteiger partial charge on any atom is -0.352 e. The second-order valence-electron chi connectivity index (χ2n) is 3.97. The van der Waals surface area contributed by atoms with Gasteiger partial charge in [0.2, 0.25) is 5.91 Å². The van der Waals surface area contributed by atoms with E-state index in [0.29, 0.717) is 6.04 Å². The maximum absolute atomic E-state index is 11.6. The van der Waals surface area contributed by atoms with Gasteiger partial charge in [-0.15, -0.1) is 11.8 Å². The Morgan fingerprint density at radius 3 is 2.58 bits per heavy atom. The summed E-state index contributed by atoms with van der Waals surface area (Å²) in [4.78, 5) is 11.6. The van der Waals surface area contributed by atoms with Crippen LogP contribution in [0.1, 0.15) is 32.6 Å². The first kappa shape index (κ1) is 8.42. The van der Waals surface area contributed by atoms with Crippen molar-refractivity contribution in [2.75, 3.05) is 5.75 Å². The lowest BCUT2D eigenvalue weighted by Gasteiger charge is -2.14. The van der Waals surface area contributed by atoms with E-state index in [-0.39, 0.29) is 10.7 Å². The molecule has 0 aromatic heterocycles. The number of rotatable bonds is 2. The van der Waals surface area contributed by atoms with Crippen LogP contribution >= 0.6 is 11.8 Å². The number of thioether (sulfide) groups is 1. The average Bonchev–Trinajstić information content (AvgIpc) is 2.63. The second-order valence-corrected chi connectivity index (χ2v) is 5.45. The molecular formula is C9H15NOS. The summed E-state index contributed by atoms with van der Waals surface area (Å²) in [7, 11) is 0. The first-order valence-corrected chi connectivity index (χ1v) is 5.64. The van der Waals surface area contributed by atoms with E-state index in [0.717, 1.165) is 5.75 Å². The van der Waals surface area contributed by atoms with Crippen LogP contribution in [0.25, 0.3) is 0 Å². The Kier molecular flexibility index (Phi) is 2.07. The predicted octanol–water partition coefficient (Wildman–Crippen LogP) is 1.55. The Balaban J connectivity index is 1.82. The minimum absolute atomic E-state index is 0.0669. The van der Waals surface area contributed by atoms with Crippen LogP contribution in [0.2, 0.25) is 0 Å². The third-order valence-corrected chi connectivity index (χ3v) is 4.09. The third kappa shape index (κ3) is 1.60. The lowest BCUT2D eigenvalue weighted by Crippen LogP contribution is -2.40. The quantitative estimate of drug-likeness (QED) is 0.661. The lowest BCUT2D eigenvalue weighted by atomic mass is 10.1. The first-order valence-electron chi connectivity index (χ1n) is 4.66. The van der Waals surface area contributed by atoms with Crippen molar-refractivity contribution in [1.29, 1.82) is 0 Å². The van der Waals surface area contributed by atoms with Gasteiger partial charge < -0.3 is 5.32 Å². The monoisotopic (exact) mass is 185 g/mol. The fourth-order valence-corrected chi connectivity index (χ4v) is 2.19. The fraction of sp³-hybridized carbons (Fsp3) is 0.889. The van der Waals surface area contributed by atoms with Crippen molar-refractivity contribution < 1.29 is 4.79 Å². The van der Waals surface area contributed by atoms with Crippen LogP contribution in [0.4, 0.5) is 0 Å². The number of carbonyl (C=O) groups excluding carboxylic acids is 1. The van der Waals surface area contributed by atoms with Crippen LogP contribution in [-0.4, -0.2) is 22.4 Å². The van der Waals surface area contributed by atoms with E-state index < -0.39 is 0 Å². The van der Waals surface area contributed by atoms with Gasteiger partial charge in [-0.3, -0.25) is 4.79 Å². The predicted molar refractivity (Wildman–Crippen MR) is 51.3 cm³/mol. The Hall–Kier alpha value is -0.180. The molecule has 1 atom stereocenters. The van der Waals surface area contributed by atoms with Gasteiger partial charge in [0.1, 0.15) is 4.75 Å². The van der Waals surface area contributed by atoms with Gasteiger partial charge in [-0.05, 0) is 19.8 Å². The maximum Gasteiger partial charge on any atom is 0.237 e. The van der Waals surface area contributed by atoms with Crippen LogP contribution in [0, 0.1) is 0 Å². The molecule has 2 fully saturated rings. The standard InChI is InChI=1S/C9H15NOS/c1-9(6-12-9)8(11)10-7-4-2-3-5-7/h7H,2-6H2,1H3,(H,10,11). The zero-order valence-corrected chi connectivity index (χ0v) is 8.25. The molecule has 0 radical (unpaired) electrons. The topological polar surface area (TPSA) is 29.1 Å². The Labute approximate surface area is 77.5 Å². The van der Waals surface area contributed by atoms with Crippen LogP contribution in [0.3, 0.4) is 0 Å². The largest absolute Gasteiger partial charge is 0.352 e. The second kappa shape index (κ2) is 2.95. The van der Waals surface area contributed by atoms with Crippen LogP contribution in [-0.2, 0) is 4.79 Å². The fourth-order valence-electron chi connectivity index (χ4n) is 1.65. The van der Waals surface area contributed by atoms with E-state index >= 15 is 0 Å². The molecule has 1 heterocycles. The summed E-state index contributed by atoms with van der Waals surface area (Å²) < 4.78 is -0.0669. The SMILES string of the molecule is CC1(C(=O)NC2CCCC2)CS1. The van der Waals surface area contributed by atoms with Gasteiger partial charge in [-0.2, -0.15) is 0 Å². The Bertz CT molecular complexity index is 195. The van der Waals surface area contributed by atoms with Crippen LogP contribution < -0.4 is 5.32 Å². The summed E-state index contributed by atoms with van der Waals surface area (Å²) >= 11 is 1.75. The molecule has 0 aromatic rings. The number of nitrogens with one attached hydrogen (secondary N) is 1. The van der Waals surface area contributed by atoms with E-state index in [9.17, 15) is 4.79 Å². The van der Waals surface area contributed by atoms with Crippen molar-refractivity contribution in [2.24, 2.45) is 0 Å². The molecule has 1 unspecified atom stereocenters. The van der Waals surface area contributed by atoms with Gasteiger partial charge in [-0.1, -0.05) is 12.8 Å². The van der Waals surface area contributed by atoms with Gasteiger partial charge in [0.25, 0.3) is 0 Å². The molecule has 3 heteroatoms. The van der Waals surface area contributed by atoms with Gasteiger partial charge >= 0.3 is 0 Å². The molecule has 2 nitrogen and oxygen atoms in total. The van der Waals surface area contributed by atoms with E-state index in [2.05, 4.69) is 5.32 Å². The molecule has 0 aromatic carbocycles. The maximum atomic E-state index is 11.6. The molecule has 68 valence electrons. The average molecular weight is 185 g/mol. The zero-order chi connectivity index (χ0) is 8.60. The summed E-state index contributed by atoms with van der Waals surface area (Å²) in [5.41, 5.74) is 0. The summed E-state index contributed by atoms with van der Waals surface area (Å²) in [6.07, 6.45) is 4.95. The molecule has 1 saturated heterocycles.